The number of hydrogen-bond donors (Lipinski definition) is 0. The molecule has 0 aliphatic rings. The molecule has 0 nitrogen and oxygen atoms in total. The molecule has 0 N–H and O–H groups in total. The minimum atomic E-state index is -3.11. The quantitative estimate of drug-likeness (QED) is 0.0956. The van der Waals surface area contributed by atoms with Gasteiger partial charge in [0.15, 0.2) is 0 Å². The van der Waals surface area contributed by atoms with Crippen molar-refractivity contribution < 1.29 is 4.92 Å². The van der Waals surface area contributed by atoms with Gasteiger partial charge in [-0.2, -0.15) is 0 Å². The Balaban J connectivity index is 1.62. The molecule has 0 bridgehead atoms. The molecule has 6 aromatic carbocycles. The van der Waals surface area contributed by atoms with E-state index in [0.29, 0.717) is 0 Å². The van der Waals surface area contributed by atoms with Crippen LogP contribution < -0.4 is 0 Å². The third kappa shape index (κ3) is 8.74. The standard InChI is InChI=1S/2C21H22As.2BrH.Ni/c2*1-4-10-19(11-5-1)16-22(17-20-12-6-2-7-13-20)18-21-14-8-3-9-15-21;;;/h2*1-15,22H,16-18H2;2*1H;/q2*+1;;;/p-2. The summed E-state index contributed by atoms with van der Waals surface area (Å²) in [5.41, 5.74) is 8.88. The van der Waals surface area contributed by atoms with Crippen molar-refractivity contribution in [1.29, 1.82) is 0 Å². The SMILES string of the molecule is [Br][Ni]([Br])([AsH](Cc1ccccc1)(Cc1ccccc1)Cc1ccccc1)[AsH](Cc1ccccc1)(Cc1ccccc1)Cc1ccccc1. The van der Waals surface area contributed by atoms with Crippen LogP contribution in [-0.4, -0.2) is 23.6 Å². The zero-order valence-corrected chi connectivity index (χ0v) is 35.0. The van der Waals surface area contributed by atoms with Crippen LogP contribution >= 0.6 is 28.5 Å². The molecule has 246 valence electrons. The molecule has 0 aliphatic carbocycles. The first-order valence-corrected chi connectivity index (χ1v) is 36.5. The molecule has 0 fully saturated rings. The second-order valence-corrected chi connectivity index (χ2v) is 77.0. The third-order valence-electron chi connectivity index (χ3n) is 8.96. The van der Waals surface area contributed by atoms with Crippen molar-refractivity contribution in [3.05, 3.63) is 215 Å². The fraction of sp³-hybridized carbons (Fsp3) is 0.143. The Morgan fingerprint density at radius 2 is 0.426 bits per heavy atom. The van der Waals surface area contributed by atoms with Crippen LogP contribution in [0, 0.1) is 0 Å². The molecule has 6 rings (SSSR count). The first kappa shape index (κ1) is 34.7. The fourth-order valence-electron chi connectivity index (χ4n) is 6.85. The van der Waals surface area contributed by atoms with Crippen molar-refractivity contribution in [2.24, 2.45) is 0 Å². The molecule has 0 saturated heterocycles. The molecule has 0 saturated carbocycles. The van der Waals surface area contributed by atoms with Crippen molar-refractivity contribution in [2.75, 3.05) is 0 Å². The van der Waals surface area contributed by atoms with E-state index in [0.717, 1.165) is 0 Å². The first-order valence-electron chi connectivity index (χ1n) is 16.3. The Hall–Kier alpha value is -2.11. The molecule has 5 heteroatoms. The fourth-order valence-corrected chi connectivity index (χ4v) is 112. The second kappa shape index (κ2) is 16.5. The molecule has 6 aromatic rings. The van der Waals surface area contributed by atoms with Crippen LogP contribution in [0.3, 0.4) is 0 Å². The summed E-state index contributed by atoms with van der Waals surface area (Å²) in [5.74, 6) is 0. The van der Waals surface area contributed by atoms with Gasteiger partial charge in [0.05, 0.1) is 0 Å². The van der Waals surface area contributed by atoms with E-state index in [4.69, 9.17) is 28.5 Å². The van der Waals surface area contributed by atoms with Crippen molar-refractivity contribution in [1.82, 2.24) is 0 Å². The number of rotatable bonds is 14. The molecule has 0 atom stereocenters. The molecule has 0 amide bonds. The molecule has 0 spiro atoms. The third-order valence-corrected chi connectivity index (χ3v) is 120. The van der Waals surface area contributed by atoms with Crippen LogP contribution in [0.15, 0.2) is 182 Å². The molecule has 47 heavy (non-hydrogen) atoms. The van der Waals surface area contributed by atoms with Crippen LogP contribution in [0.4, 0.5) is 0 Å². The van der Waals surface area contributed by atoms with Crippen LogP contribution in [-0.2, 0) is 36.2 Å². The molecular weight excluding hydrogens is 873 g/mol. The summed E-state index contributed by atoms with van der Waals surface area (Å²) in [5, 5.41) is 7.04. The van der Waals surface area contributed by atoms with E-state index in [2.05, 4.69) is 182 Å². The van der Waals surface area contributed by atoms with Gasteiger partial charge in [-0.25, -0.2) is 0 Å². The van der Waals surface area contributed by atoms with Crippen LogP contribution in [0.5, 0.6) is 0 Å². The van der Waals surface area contributed by atoms with Gasteiger partial charge in [0, 0.05) is 0 Å². The monoisotopic (exact) mass is 914 g/mol. The summed E-state index contributed by atoms with van der Waals surface area (Å²) in [7, 11) is 0. The van der Waals surface area contributed by atoms with Crippen molar-refractivity contribution >= 4 is 52.0 Å². The Bertz CT molecular complexity index is 1450. The Morgan fingerprint density at radius 3 is 0.574 bits per heavy atom. The Labute approximate surface area is 300 Å². The molecule has 0 aromatic heterocycles. The van der Waals surface area contributed by atoms with Crippen LogP contribution in [0.2, 0.25) is 0 Å². The zero-order valence-electron chi connectivity index (χ0n) is 26.6. The number of halogens is 2. The average molecular weight is 917 g/mol. The molecule has 0 radical (unpaired) electrons. The minimum absolute atomic E-state index is 1.17. The first-order chi connectivity index (χ1) is 23.0. The maximum atomic E-state index is 4.95. The van der Waals surface area contributed by atoms with Gasteiger partial charge in [-0.1, -0.05) is 0 Å². The molecule has 0 unspecified atom stereocenters. The van der Waals surface area contributed by atoms with Gasteiger partial charge in [-0.05, 0) is 0 Å². The number of hydrogen-bond acceptors (Lipinski definition) is 0. The van der Waals surface area contributed by atoms with Gasteiger partial charge >= 0.3 is 304 Å². The van der Waals surface area contributed by atoms with E-state index < -0.39 is 28.5 Å². The van der Waals surface area contributed by atoms with Crippen molar-refractivity contribution in [3.63, 3.8) is 0 Å². The summed E-state index contributed by atoms with van der Waals surface area (Å²) >= 11 is 3.68. The summed E-state index contributed by atoms with van der Waals surface area (Å²) in [6.45, 7) is 0. The summed E-state index contributed by atoms with van der Waals surface area (Å²) in [6, 6.07) is 68.4. The van der Waals surface area contributed by atoms with Crippen molar-refractivity contribution in [3.8, 4) is 0 Å². The Kier molecular flexibility index (Phi) is 12.2. The predicted octanol–water partition coefficient (Wildman–Crippen LogP) is 10.8. The molecule has 0 heterocycles. The topological polar surface area (TPSA) is 0 Å². The van der Waals surface area contributed by atoms with Gasteiger partial charge in [0.1, 0.15) is 0 Å². The summed E-state index contributed by atoms with van der Waals surface area (Å²) < 4.78 is 0. The van der Waals surface area contributed by atoms with Crippen molar-refractivity contribution in [2.45, 2.75) is 31.3 Å². The van der Waals surface area contributed by atoms with Gasteiger partial charge in [0.25, 0.3) is 0 Å². The van der Waals surface area contributed by atoms with E-state index in [1.165, 1.54) is 64.6 Å². The summed E-state index contributed by atoms with van der Waals surface area (Å²) in [6.07, 6.45) is 0. The van der Waals surface area contributed by atoms with E-state index >= 15 is 0 Å². The number of benzene rings is 6. The van der Waals surface area contributed by atoms with Crippen LogP contribution in [0.25, 0.3) is 0 Å². The normalized spacial score (nSPS) is 13.1. The van der Waals surface area contributed by atoms with Gasteiger partial charge in [-0.15, -0.1) is 0 Å². The second-order valence-electron chi connectivity index (χ2n) is 12.5. The van der Waals surface area contributed by atoms with Crippen LogP contribution in [0.1, 0.15) is 33.4 Å². The van der Waals surface area contributed by atoms with Gasteiger partial charge < -0.3 is 0 Å². The Morgan fingerprint density at radius 1 is 0.277 bits per heavy atom. The van der Waals surface area contributed by atoms with E-state index in [1.54, 1.807) is 0 Å². The molecule has 0 aliphatic heterocycles. The van der Waals surface area contributed by atoms with Gasteiger partial charge in [0.2, 0.25) is 0 Å². The average Bonchev–Trinajstić information content (AvgIpc) is 3.11. The van der Waals surface area contributed by atoms with Gasteiger partial charge in [-0.3, -0.25) is 0 Å². The predicted molar refractivity (Wildman–Crippen MR) is 213 cm³/mol. The van der Waals surface area contributed by atoms with E-state index in [-0.39, 0.29) is 0 Å². The maximum absolute atomic E-state index is 4.95. The van der Waals surface area contributed by atoms with E-state index in [1.807, 2.05) is 0 Å². The zero-order chi connectivity index (χ0) is 32.4. The summed E-state index contributed by atoms with van der Waals surface area (Å²) in [4.78, 5) is -1.64. The van der Waals surface area contributed by atoms with E-state index in [9.17, 15) is 0 Å². The molecular formula is C42H44As2Br2Ni.